The molecule has 1 aromatic rings. The summed E-state index contributed by atoms with van der Waals surface area (Å²) in [5.74, 6) is 0.0431. The second kappa shape index (κ2) is 5.68. The number of amides is 1. The molecule has 4 nitrogen and oxygen atoms in total. The van der Waals surface area contributed by atoms with Gasteiger partial charge in [0.15, 0.2) is 0 Å². The fourth-order valence-electron chi connectivity index (χ4n) is 2.25. The second-order valence-corrected chi connectivity index (χ2v) is 6.19. The normalized spacial score (nSPS) is 20.4. The summed E-state index contributed by atoms with van der Waals surface area (Å²) in [6.45, 7) is 2.56. The van der Waals surface area contributed by atoms with Gasteiger partial charge in [0.2, 0.25) is 5.91 Å². The Morgan fingerprint density at radius 1 is 1.40 bits per heavy atom. The van der Waals surface area contributed by atoms with Crippen LogP contribution in [0.15, 0.2) is 34.2 Å². The number of fused-ring (bicyclic) bond motifs is 1. The van der Waals surface area contributed by atoms with Crippen LogP contribution in [0.3, 0.4) is 0 Å². The van der Waals surface area contributed by atoms with E-state index in [0.29, 0.717) is 31.3 Å². The van der Waals surface area contributed by atoms with Crippen molar-refractivity contribution in [1.82, 2.24) is 4.90 Å². The van der Waals surface area contributed by atoms with Crippen molar-refractivity contribution >= 4 is 35.0 Å². The zero-order valence-electron chi connectivity index (χ0n) is 11.1. The zero-order chi connectivity index (χ0) is 14.1. The maximum absolute atomic E-state index is 12.2. The number of ether oxygens (including phenoxy) is 1. The average molecular weight is 311 g/mol. The van der Waals surface area contributed by atoms with E-state index in [9.17, 15) is 4.79 Å². The number of carbonyl (C=O) groups is 1. The lowest BCUT2D eigenvalue weighted by Crippen LogP contribution is -2.40. The van der Waals surface area contributed by atoms with Crippen LogP contribution in [0.1, 0.15) is 0 Å². The van der Waals surface area contributed by atoms with Crippen molar-refractivity contribution in [3.05, 3.63) is 34.3 Å². The van der Waals surface area contributed by atoms with Crippen molar-refractivity contribution < 1.29 is 9.53 Å². The van der Waals surface area contributed by atoms with E-state index in [1.54, 1.807) is 17.8 Å². The number of halogens is 1. The Balaban J connectivity index is 1.78. The highest BCUT2D eigenvalue weighted by molar-refractivity contribution is 8.03. The highest BCUT2D eigenvalue weighted by Gasteiger charge is 2.24. The van der Waals surface area contributed by atoms with Gasteiger partial charge in [-0.1, -0.05) is 23.4 Å². The van der Waals surface area contributed by atoms with E-state index < -0.39 is 0 Å². The third kappa shape index (κ3) is 2.66. The van der Waals surface area contributed by atoms with E-state index >= 15 is 0 Å². The van der Waals surface area contributed by atoms with Crippen molar-refractivity contribution in [2.75, 3.05) is 38.3 Å². The molecule has 0 aromatic heterocycles. The van der Waals surface area contributed by atoms with Gasteiger partial charge in [0.05, 0.1) is 23.9 Å². The minimum atomic E-state index is 0.0431. The topological polar surface area (TPSA) is 32.8 Å². The molecular formula is C14H15ClN2O2S. The molecule has 0 N–H and O–H groups in total. The molecule has 6 heteroatoms. The summed E-state index contributed by atoms with van der Waals surface area (Å²) < 4.78 is 5.26. The van der Waals surface area contributed by atoms with Gasteiger partial charge >= 0.3 is 0 Å². The zero-order valence-corrected chi connectivity index (χ0v) is 12.7. The van der Waals surface area contributed by atoms with Gasteiger partial charge in [0.25, 0.3) is 0 Å². The molecule has 0 saturated carbocycles. The highest BCUT2D eigenvalue weighted by Crippen LogP contribution is 2.45. The summed E-state index contributed by atoms with van der Waals surface area (Å²) >= 11 is 7.61. The van der Waals surface area contributed by atoms with Crippen molar-refractivity contribution in [2.45, 2.75) is 4.90 Å². The van der Waals surface area contributed by atoms with Crippen molar-refractivity contribution in [3.63, 3.8) is 0 Å². The third-order valence-electron chi connectivity index (χ3n) is 3.40. The Hall–Kier alpha value is -1.17. The van der Waals surface area contributed by atoms with Crippen LogP contribution >= 0.6 is 23.4 Å². The summed E-state index contributed by atoms with van der Waals surface area (Å²) in [5.41, 5.74) is 1.04. The molecule has 1 fully saturated rings. The minimum absolute atomic E-state index is 0.0431. The van der Waals surface area contributed by atoms with E-state index in [2.05, 4.69) is 0 Å². The van der Waals surface area contributed by atoms with E-state index in [0.717, 1.165) is 15.6 Å². The summed E-state index contributed by atoms with van der Waals surface area (Å²) in [7, 11) is 1.95. The number of hydrogen-bond acceptors (Lipinski definition) is 4. The Morgan fingerprint density at radius 3 is 2.90 bits per heavy atom. The molecule has 0 spiro atoms. The number of carbonyl (C=O) groups excluding carboxylic acids is 1. The molecule has 1 saturated heterocycles. The summed E-state index contributed by atoms with van der Waals surface area (Å²) in [5, 5.41) is 1.63. The van der Waals surface area contributed by atoms with Crippen LogP contribution in [0, 0.1) is 0 Å². The van der Waals surface area contributed by atoms with Crippen LogP contribution in [-0.2, 0) is 9.53 Å². The number of benzene rings is 1. The van der Waals surface area contributed by atoms with Crippen LogP contribution in [0.25, 0.3) is 0 Å². The number of hydrogen-bond donors (Lipinski definition) is 0. The molecule has 106 valence electrons. The maximum atomic E-state index is 12.2. The van der Waals surface area contributed by atoms with Crippen LogP contribution in [0.5, 0.6) is 0 Å². The van der Waals surface area contributed by atoms with Crippen LogP contribution in [0.2, 0.25) is 5.02 Å². The first kappa shape index (κ1) is 13.8. The molecule has 2 heterocycles. The minimum Gasteiger partial charge on any atom is -0.378 e. The highest BCUT2D eigenvalue weighted by atomic mass is 35.5. The lowest BCUT2D eigenvalue weighted by atomic mass is 10.3. The van der Waals surface area contributed by atoms with Gasteiger partial charge in [-0.05, 0) is 18.2 Å². The first-order valence-corrected chi connectivity index (χ1v) is 7.64. The number of morpholine rings is 1. The first-order valence-electron chi connectivity index (χ1n) is 6.44. The Kier molecular flexibility index (Phi) is 3.92. The SMILES string of the molecule is CN1/C(=C/C(=O)N2CCOCC2)Sc2ccc(Cl)cc21. The molecule has 2 aliphatic heterocycles. The second-order valence-electron chi connectivity index (χ2n) is 4.69. The standard InChI is InChI=1S/C14H15ClN2O2S/c1-16-11-8-10(15)2-3-12(11)20-14(16)9-13(18)17-4-6-19-7-5-17/h2-3,8-9H,4-7H2,1H3/b14-9-. The molecule has 2 aliphatic rings. The predicted molar refractivity (Wildman–Crippen MR) is 81.2 cm³/mol. The lowest BCUT2D eigenvalue weighted by molar-refractivity contribution is -0.130. The molecule has 0 aliphatic carbocycles. The Labute approximate surface area is 127 Å². The number of rotatable bonds is 1. The molecule has 0 unspecified atom stereocenters. The van der Waals surface area contributed by atoms with Gasteiger partial charge in [0, 0.05) is 36.1 Å². The summed E-state index contributed by atoms with van der Waals surface area (Å²) in [4.78, 5) is 17.2. The van der Waals surface area contributed by atoms with Crippen molar-refractivity contribution in [3.8, 4) is 0 Å². The number of anilines is 1. The quantitative estimate of drug-likeness (QED) is 0.746. The smallest absolute Gasteiger partial charge is 0.249 e. The van der Waals surface area contributed by atoms with Gasteiger partial charge in [-0.25, -0.2) is 0 Å². The van der Waals surface area contributed by atoms with Gasteiger partial charge in [-0.3, -0.25) is 4.79 Å². The molecule has 1 aromatic carbocycles. The summed E-state index contributed by atoms with van der Waals surface area (Å²) in [6, 6.07) is 5.77. The first-order chi connectivity index (χ1) is 9.65. The molecule has 0 radical (unpaired) electrons. The Bertz CT molecular complexity index is 570. The van der Waals surface area contributed by atoms with Crippen molar-refractivity contribution in [2.24, 2.45) is 0 Å². The molecule has 0 bridgehead atoms. The van der Waals surface area contributed by atoms with E-state index in [1.165, 1.54) is 0 Å². The fourth-order valence-corrected chi connectivity index (χ4v) is 3.47. The van der Waals surface area contributed by atoms with Gasteiger partial charge in [0.1, 0.15) is 0 Å². The average Bonchev–Trinajstić information content (AvgIpc) is 2.76. The van der Waals surface area contributed by atoms with E-state index in [4.69, 9.17) is 16.3 Å². The van der Waals surface area contributed by atoms with E-state index in [1.807, 2.05) is 35.0 Å². The fraction of sp³-hybridized carbons (Fsp3) is 0.357. The molecular weight excluding hydrogens is 296 g/mol. The number of nitrogens with zero attached hydrogens (tertiary/aromatic N) is 2. The third-order valence-corrected chi connectivity index (χ3v) is 4.80. The number of thioether (sulfide) groups is 1. The molecule has 0 atom stereocenters. The predicted octanol–water partition coefficient (Wildman–Crippen LogP) is 2.58. The van der Waals surface area contributed by atoms with Gasteiger partial charge < -0.3 is 14.5 Å². The van der Waals surface area contributed by atoms with Crippen molar-refractivity contribution in [1.29, 1.82) is 0 Å². The molecule has 20 heavy (non-hydrogen) atoms. The summed E-state index contributed by atoms with van der Waals surface area (Å²) in [6.07, 6.45) is 1.70. The van der Waals surface area contributed by atoms with Gasteiger partial charge in [-0.2, -0.15) is 0 Å². The van der Waals surface area contributed by atoms with E-state index in [-0.39, 0.29) is 5.91 Å². The van der Waals surface area contributed by atoms with Crippen LogP contribution < -0.4 is 4.90 Å². The monoisotopic (exact) mass is 310 g/mol. The van der Waals surface area contributed by atoms with Crippen LogP contribution in [-0.4, -0.2) is 44.2 Å². The van der Waals surface area contributed by atoms with Gasteiger partial charge in [-0.15, -0.1) is 0 Å². The Morgan fingerprint density at radius 2 is 2.15 bits per heavy atom. The molecule has 1 amide bonds. The van der Waals surface area contributed by atoms with Crippen LogP contribution in [0.4, 0.5) is 5.69 Å². The lowest BCUT2D eigenvalue weighted by Gasteiger charge is -2.26. The molecule has 3 rings (SSSR count). The largest absolute Gasteiger partial charge is 0.378 e. The maximum Gasteiger partial charge on any atom is 0.249 e.